The van der Waals surface area contributed by atoms with E-state index in [4.69, 9.17) is 4.74 Å². The van der Waals surface area contributed by atoms with Gasteiger partial charge >= 0.3 is 0 Å². The van der Waals surface area contributed by atoms with Crippen LogP contribution in [0.15, 0.2) is 30.5 Å². The van der Waals surface area contributed by atoms with Gasteiger partial charge in [-0.15, -0.1) is 0 Å². The normalized spacial score (nSPS) is 11.0. The summed E-state index contributed by atoms with van der Waals surface area (Å²) in [7, 11) is 3.58. The Morgan fingerprint density at radius 3 is 2.76 bits per heavy atom. The lowest BCUT2D eigenvalue weighted by atomic mass is 10.2. The fourth-order valence-electron chi connectivity index (χ4n) is 3.14. The van der Waals surface area contributed by atoms with Crippen molar-refractivity contribution >= 4 is 16.8 Å². The van der Waals surface area contributed by atoms with Crippen molar-refractivity contribution in [2.45, 2.75) is 33.4 Å². The van der Waals surface area contributed by atoms with Crippen LogP contribution in [0.4, 0.5) is 0 Å². The van der Waals surface area contributed by atoms with E-state index in [0.717, 1.165) is 33.6 Å². The van der Waals surface area contributed by atoms with E-state index in [1.54, 1.807) is 7.11 Å². The predicted octanol–water partition coefficient (Wildman–Crippen LogP) is 2.71. The molecule has 2 aromatic heterocycles. The lowest BCUT2D eigenvalue weighted by molar-refractivity contribution is -0.121. The van der Waals surface area contributed by atoms with Gasteiger partial charge in [0, 0.05) is 49.4 Å². The van der Waals surface area contributed by atoms with E-state index in [2.05, 4.69) is 15.0 Å². The Balaban J connectivity index is 1.61. The molecule has 0 radical (unpaired) electrons. The topological polar surface area (TPSA) is 61.1 Å². The number of amides is 1. The van der Waals surface area contributed by atoms with Crippen LogP contribution in [0.1, 0.15) is 23.4 Å². The number of rotatable bonds is 6. The Morgan fingerprint density at radius 2 is 2.08 bits per heavy atom. The average Bonchev–Trinajstić information content (AvgIpc) is 3.12. The fourth-order valence-corrected chi connectivity index (χ4v) is 3.14. The Hall–Kier alpha value is -2.76. The molecule has 1 amide bonds. The van der Waals surface area contributed by atoms with Crippen LogP contribution in [0.3, 0.4) is 0 Å². The van der Waals surface area contributed by atoms with E-state index in [9.17, 15) is 4.79 Å². The zero-order chi connectivity index (χ0) is 18.0. The summed E-state index contributed by atoms with van der Waals surface area (Å²) >= 11 is 0. The lowest BCUT2D eigenvalue weighted by Crippen LogP contribution is -2.24. The second-order valence-corrected chi connectivity index (χ2v) is 6.20. The molecule has 0 saturated carbocycles. The third kappa shape index (κ3) is 3.38. The molecule has 25 heavy (non-hydrogen) atoms. The average molecular weight is 340 g/mol. The molecule has 0 saturated heterocycles. The largest absolute Gasteiger partial charge is 0.496 e. The van der Waals surface area contributed by atoms with E-state index in [1.807, 2.05) is 56.0 Å². The molecule has 2 heterocycles. The number of carbonyl (C=O) groups is 1. The molecule has 0 unspecified atom stereocenters. The molecule has 6 nitrogen and oxygen atoms in total. The van der Waals surface area contributed by atoms with Crippen molar-refractivity contribution < 1.29 is 9.53 Å². The summed E-state index contributed by atoms with van der Waals surface area (Å²) in [6, 6.07) is 7.97. The summed E-state index contributed by atoms with van der Waals surface area (Å²) in [5, 5.41) is 8.43. The van der Waals surface area contributed by atoms with Crippen LogP contribution in [-0.2, 0) is 24.9 Å². The number of carbonyl (C=O) groups excluding carboxylic acids is 1. The Morgan fingerprint density at radius 1 is 1.28 bits per heavy atom. The number of fused-ring (bicyclic) bond motifs is 1. The number of aromatic nitrogens is 3. The SMILES string of the molecule is COc1cccc2c1ccn2CCC(=O)NCc1c(C)nn(C)c1C. The Bertz CT molecular complexity index is 908. The van der Waals surface area contributed by atoms with E-state index < -0.39 is 0 Å². The first-order valence-electron chi connectivity index (χ1n) is 8.39. The second kappa shape index (κ2) is 7.01. The van der Waals surface area contributed by atoms with Crippen LogP contribution >= 0.6 is 0 Å². The minimum absolute atomic E-state index is 0.0346. The quantitative estimate of drug-likeness (QED) is 0.750. The molecule has 1 N–H and O–H groups in total. The molecule has 6 heteroatoms. The van der Waals surface area contributed by atoms with Crippen molar-refractivity contribution in [1.82, 2.24) is 19.7 Å². The highest BCUT2D eigenvalue weighted by Crippen LogP contribution is 2.26. The number of hydrogen-bond donors (Lipinski definition) is 1. The minimum atomic E-state index is 0.0346. The van der Waals surface area contributed by atoms with Gasteiger partial charge in [0.2, 0.25) is 5.91 Å². The standard InChI is InChI=1S/C19H24N4O2/c1-13-16(14(2)22(3)21-13)12-20-19(24)9-11-23-10-8-15-17(23)6-5-7-18(15)25-4/h5-8,10H,9,11-12H2,1-4H3,(H,20,24). The highest BCUT2D eigenvalue weighted by molar-refractivity contribution is 5.86. The zero-order valence-electron chi connectivity index (χ0n) is 15.2. The first kappa shape index (κ1) is 17.1. The summed E-state index contributed by atoms with van der Waals surface area (Å²) in [5.74, 6) is 0.885. The summed E-state index contributed by atoms with van der Waals surface area (Å²) < 4.78 is 9.30. The molecule has 132 valence electrons. The first-order chi connectivity index (χ1) is 12.0. The summed E-state index contributed by atoms with van der Waals surface area (Å²) in [4.78, 5) is 12.2. The number of aryl methyl sites for hydroxylation is 3. The molecule has 1 aromatic carbocycles. The van der Waals surface area contributed by atoms with Crippen LogP contribution in [0.25, 0.3) is 10.9 Å². The highest BCUT2D eigenvalue weighted by Gasteiger charge is 2.11. The maximum atomic E-state index is 12.2. The maximum absolute atomic E-state index is 12.2. The maximum Gasteiger partial charge on any atom is 0.222 e. The number of nitrogens with zero attached hydrogens (tertiary/aromatic N) is 3. The fraction of sp³-hybridized carbons (Fsp3) is 0.368. The Labute approximate surface area is 147 Å². The van der Waals surface area contributed by atoms with Gasteiger partial charge in [0.05, 0.1) is 18.3 Å². The molecule has 0 bridgehead atoms. The molecular formula is C19H24N4O2. The van der Waals surface area contributed by atoms with Crippen molar-refractivity contribution in [1.29, 1.82) is 0 Å². The molecule has 3 rings (SSSR count). The lowest BCUT2D eigenvalue weighted by Gasteiger charge is -2.08. The van der Waals surface area contributed by atoms with Gasteiger partial charge < -0.3 is 14.6 Å². The van der Waals surface area contributed by atoms with Crippen molar-refractivity contribution in [3.8, 4) is 5.75 Å². The molecule has 0 atom stereocenters. The van der Waals surface area contributed by atoms with Gasteiger partial charge in [0.15, 0.2) is 0 Å². The third-order valence-electron chi connectivity index (χ3n) is 4.69. The molecule has 0 aliphatic rings. The number of hydrogen-bond acceptors (Lipinski definition) is 3. The summed E-state index contributed by atoms with van der Waals surface area (Å²) in [5.41, 5.74) is 4.21. The van der Waals surface area contributed by atoms with Gasteiger partial charge in [0.1, 0.15) is 5.75 Å². The monoisotopic (exact) mass is 340 g/mol. The van der Waals surface area contributed by atoms with E-state index in [-0.39, 0.29) is 5.91 Å². The first-order valence-corrected chi connectivity index (χ1v) is 8.39. The van der Waals surface area contributed by atoms with Gasteiger partial charge in [0.25, 0.3) is 0 Å². The number of ether oxygens (including phenoxy) is 1. The smallest absolute Gasteiger partial charge is 0.222 e. The summed E-state index contributed by atoms with van der Waals surface area (Å²) in [6.07, 6.45) is 2.43. The van der Waals surface area contributed by atoms with Gasteiger partial charge in [-0.05, 0) is 32.0 Å². The van der Waals surface area contributed by atoms with Gasteiger partial charge in [-0.3, -0.25) is 9.48 Å². The van der Waals surface area contributed by atoms with Crippen molar-refractivity contribution in [2.24, 2.45) is 7.05 Å². The predicted molar refractivity (Wildman–Crippen MR) is 97.6 cm³/mol. The highest BCUT2D eigenvalue weighted by atomic mass is 16.5. The number of nitrogens with one attached hydrogen (secondary N) is 1. The Kier molecular flexibility index (Phi) is 4.79. The van der Waals surface area contributed by atoms with Crippen LogP contribution in [0, 0.1) is 13.8 Å². The number of benzene rings is 1. The molecule has 0 spiro atoms. The third-order valence-corrected chi connectivity index (χ3v) is 4.69. The number of methoxy groups -OCH3 is 1. The molecule has 0 fully saturated rings. The molecular weight excluding hydrogens is 316 g/mol. The van der Waals surface area contributed by atoms with Crippen LogP contribution < -0.4 is 10.1 Å². The van der Waals surface area contributed by atoms with E-state index in [1.165, 1.54) is 0 Å². The van der Waals surface area contributed by atoms with Crippen molar-refractivity contribution in [2.75, 3.05) is 7.11 Å². The van der Waals surface area contributed by atoms with Crippen LogP contribution in [0.5, 0.6) is 5.75 Å². The van der Waals surface area contributed by atoms with Gasteiger partial charge in [-0.25, -0.2) is 0 Å². The van der Waals surface area contributed by atoms with Crippen molar-refractivity contribution in [3.05, 3.63) is 47.4 Å². The molecule has 0 aliphatic heterocycles. The van der Waals surface area contributed by atoms with Gasteiger partial charge in [-0.2, -0.15) is 5.10 Å². The summed E-state index contributed by atoms with van der Waals surface area (Å²) in [6.45, 7) is 5.13. The molecule has 0 aliphatic carbocycles. The van der Waals surface area contributed by atoms with Crippen LogP contribution in [-0.4, -0.2) is 27.4 Å². The van der Waals surface area contributed by atoms with E-state index in [0.29, 0.717) is 19.5 Å². The van der Waals surface area contributed by atoms with Crippen molar-refractivity contribution in [3.63, 3.8) is 0 Å². The van der Waals surface area contributed by atoms with E-state index >= 15 is 0 Å². The molecule has 3 aromatic rings. The zero-order valence-corrected chi connectivity index (χ0v) is 15.2. The second-order valence-electron chi connectivity index (χ2n) is 6.20. The van der Waals surface area contributed by atoms with Gasteiger partial charge in [-0.1, -0.05) is 6.07 Å². The van der Waals surface area contributed by atoms with Crippen LogP contribution in [0.2, 0.25) is 0 Å². The minimum Gasteiger partial charge on any atom is -0.496 e.